The number of carbonyl (C=O) groups is 2. The van der Waals surface area contributed by atoms with Crippen molar-refractivity contribution in [2.75, 3.05) is 27.3 Å². The van der Waals surface area contributed by atoms with Crippen LogP contribution in [0.25, 0.3) is 11.1 Å². The van der Waals surface area contributed by atoms with Gasteiger partial charge in [-0.3, -0.25) is 9.69 Å². The van der Waals surface area contributed by atoms with Gasteiger partial charge in [0.25, 0.3) is 0 Å². The Hall–Kier alpha value is -4.56. The fraction of sp³-hybridized carbons (Fsp3) is 0.278. The van der Waals surface area contributed by atoms with Gasteiger partial charge in [0.1, 0.15) is 24.0 Å². The van der Waals surface area contributed by atoms with E-state index in [4.69, 9.17) is 14.2 Å². The number of ether oxygens (including phenoxy) is 3. The maximum absolute atomic E-state index is 14.2. The zero-order valence-corrected chi connectivity index (χ0v) is 25.1. The second-order valence-electron chi connectivity index (χ2n) is 10.5. The van der Waals surface area contributed by atoms with Gasteiger partial charge in [-0.2, -0.15) is 0 Å². The van der Waals surface area contributed by atoms with E-state index in [-0.39, 0.29) is 11.9 Å². The Bertz CT molecular complexity index is 1520. The van der Waals surface area contributed by atoms with Crippen molar-refractivity contribution in [3.8, 4) is 16.9 Å². The summed E-state index contributed by atoms with van der Waals surface area (Å²) < 4.78 is 43.3. The van der Waals surface area contributed by atoms with E-state index in [1.165, 1.54) is 26.4 Å². The molecule has 0 aromatic heterocycles. The van der Waals surface area contributed by atoms with Gasteiger partial charge in [0, 0.05) is 31.1 Å². The second-order valence-corrected chi connectivity index (χ2v) is 10.5. The zero-order chi connectivity index (χ0) is 31.3. The molecule has 0 heterocycles. The number of hydrogen-bond donors (Lipinski definition) is 0. The van der Waals surface area contributed by atoms with Crippen molar-refractivity contribution in [2.24, 2.45) is 0 Å². The number of unbranched alkanes of at least 4 members (excludes halogenated alkanes) is 1. The first-order valence-corrected chi connectivity index (χ1v) is 14.6. The fourth-order valence-electron chi connectivity index (χ4n) is 4.89. The molecule has 0 spiro atoms. The molecular weight excluding hydrogens is 564 g/mol. The number of carbonyl (C=O) groups excluding carboxylic acids is 2. The first kappa shape index (κ1) is 32.4. The third kappa shape index (κ3) is 9.47. The van der Waals surface area contributed by atoms with Crippen LogP contribution in [0.1, 0.15) is 46.3 Å². The number of nitrogens with zero attached hydrogens (tertiary/aromatic N) is 1. The molecule has 0 saturated carbocycles. The molecule has 8 heteroatoms. The topological polar surface area (TPSA) is 65.1 Å². The molecule has 230 valence electrons. The summed E-state index contributed by atoms with van der Waals surface area (Å²) in [5.41, 5.74) is 4.58. The van der Waals surface area contributed by atoms with Gasteiger partial charge < -0.3 is 14.2 Å². The monoisotopic (exact) mass is 601 g/mol. The predicted molar refractivity (Wildman–Crippen MR) is 165 cm³/mol. The van der Waals surface area contributed by atoms with E-state index in [2.05, 4.69) is 11.0 Å². The van der Waals surface area contributed by atoms with Gasteiger partial charge >= 0.3 is 11.9 Å². The van der Waals surface area contributed by atoms with E-state index < -0.39 is 11.6 Å². The molecule has 0 aliphatic carbocycles. The van der Waals surface area contributed by atoms with Crippen molar-refractivity contribution in [2.45, 2.75) is 38.8 Å². The minimum absolute atomic E-state index is 0.210. The van der Waals surface area contributed by atoms with Crippen LogP contribution in [0, 0.1) is 11.6 Å². The van der Waals surface area contributed by atoms with E-state index in [1.807, 2.05) is 42.5 Å². The Morgan fingerprint density at radius 1 is 0.773 bits per heavy atom. The highest BCUT2D eigenvalue weighted by Gasteiger charge is 2.12. The van der Waals surface area contributed by atoms with Gasteiger partial charge in [-0.25, -0.2) is 13.6 Å². The van der Waals surface area contributed by atoms with Crippen molar-refractivity contribution >= 4 is 11.9 Å². The van der Waals surface area contributed by atoms with E-state index in [0.717, 1.165) is 60.9 Å². The van der Waals surface area contributed by atoms with Gasteiger partial charge in [0.05, 0.1) is 19.8 Å². The fourth-order valence-corrected chi connectivity index (χ4v) is 4.89. The summed E-state index contributed by atoms with van der Waals surface area (Å²) in [7, 11) is 2.76. The van der Waals surface area contributed by atoms with Crippen LogP contribution in [0.15, 0.2) is 91.0 Å². The van der Waals surface area contributed by atoms with Crippen molar-refractivity contribution < 1.29 is 32.6 Å². The molecule has 4 aromatic carbocycles. The lowest BCUT2D eigenvalue weighted by Gasteiger charge is -2.23. The van der Waals surface area contributed by atoms with E-state index in [0.29, 0.717) is 36.3 Å². The Morgan fingerprint density at radius 3 is 2.20 bits per heavy atom. The molecule has 44 heavy (non-hydrogen) atoms. The number of esters is 2. The molecule has 0 bridgehead atoms. The molecule has 0 atom stereocenters. The van der Waals surface area contributed by atoms with Gasteiger partial charge in [0.2, 0.25) is 0 Å². The van der Waals surface area contributed by atoms with Crippen molar-refractivity contribution in [3.63, 3.8) is 0 Å². The van der Waals surface area contributed by atoms with Crippen LogP contribution in [0.5, 0.6) is 5.75 Å². The first-order valence-electron chi connectivity index (χ1n) is 14.6. The van der Waals surface area contributed by atoms with Crippen LogP contribution in [0.3, 0.4) is 0 Å². The maximum atomic E-state index is 14.2. The maximum Gasteiger partial charge on any atom is 0.337 e. The summed E-state index contributed by atoms with van der Waals surface area (Å²) in [6.45, 7) is 2.58. The molecule has 0 N–H and O–H groups in total. The third-order valence-corrected chi connectivity index (χ3v) is 7.37. The van der Waals surface area contributed by atoms with Crippen LogP contribution in [0.2, 0.25) is 0 Å². The summed E-state index contributed by atoms with van der Waals surface area (Å²) in [6, 6.07) is 26.2. The zero-order valence-electron chi connectivity index (χ0n) is 25.1. The average molecular weight is 602 g/mol. The molecule has 0 unspecified atom stereocenters. The summed E-state index contributed by atoms with van der Waals surface area (Å²) in [6.07, 6.45) is 2.70. The summed E-state index contributed by atoms with van der Waals surface area (Å²) in [5.74, 6) is -0.998. The third-order valence-electron chi connectivity index (χ3n) is 7.37. The van der Waals surface area contributed by atoms with Gasteiger partial charge in [-0.1, -0.05) is 54.6 Å². The SMILES string of the molecule is COC(=O)CCCCN(CCc1ccccc1OCc1ccc(-c2ccc(F)cc2F)cc1)Cc1ccc(C(=O)OC)cc1. The lowest BCUT2D eigenvalue weighted by Crippen LogP contribution is -2.27. The van der Waals surface area contributed by atoms with Crippen LogP contribution in [-0.4, -0.2) is 44.1 Å². The van der Waals surface area contributed by atoms with E-state index in [1.54, 1.807) is 24.3 Å². The predicted octanol–water partition coefficient (Wildman–Crippen LogP) is 7.39. The lowest BCUT2D eigenvalue weighted by molar-refractivity contribution is -0.140. The molecule has 0 fully saturated rings. The number of benzene rings is 4. The number of rotatable bonds is 15. The van der Waals surface area contributed by atoms with E-state index in [9.17, 15) is 18.4 Å². The Balaban J connectivity index is 1.38. The molecule has 0 radical (unpaired) electrons. The van der Waals surface area contributed by atoms with Crippen LogP contribution < -0.4 is 4.74 Å². The van der Waals surface area contributed by atoms with Gasteiger partial charge in [-0.05, 0) is 78.4 Å². The van der Waals surface area contributed by atoms with E-state index >= 15 is 0 Å². The number of hydrogen-bond acceptors (Lipinski definition) is 6. The van der Waals surface area contributed by atoms with Crippen molar-refractivity contribution in [1.82, 2.24) is 4.90 Å². The number of methoxy groups -OCH3 is 2. The van der Waals surface area contributed by atoms with Crippen molar-refractivity contribution in [1.29, 1.82) is 0 Å². The summed E-state index contributed by atoms with van der Waals surface area (Å²) in [4.78, 5) is 25.7. The highest BCUT2D eigenvalue weighted by molar-refractivity contribution is 5.89. The Morgan fingerprint density at radius 2 is 1.50 bits per heavy atom. The minimum atomic E-state index is -0.606. The lowest BCUT2D eigenvalue weighted by atomic mass is 10.0. The standard InChI is InChI=1S/C36H37F2NO5/c1-42-35(40)9-5-6-21-39(24-26-10-16-30(17-11-26)36(41)43-2)22-20-29-7-3-4-8-34(29)44-25-27-12-14-28(15-13-27)32-19-18-31(37)23-33(32)38/h3-4,7-8,10-19,23H,5-6,9,20-22,24-25H2,1-2H3. The number of halogens is 2. The first-order chi connectivity index (χ1) is 21.4. The van der Waals surface area contributed by atoms with Gasteiger partial charge in [-0.15, -0.1) is 0 Å². The minimum Gasteiger partial charge on any atom is -0.489 e. The molecule has 4 rings (SSSR count). The largest absolute Gasteiger partial charge is 0.489 e. The molecule has 4 aromatic rings. The van der Waals surface area contributed by atoms with Crippen LogP contribution in [-0.2, 0) is 33.8 Å². The molecule has 0 saturated heterocycles. The smallest absolute Gasteiger partial charge is 0.337 e. The highest BCUT2D eigenvalue weighted by atomic mass is 19.1. The quantitative estimate of drug-likeness (QED) is 0.105. The van der Waals surface area contributed by atoms with Crippen molar-refractivity contribution in [3.05, 3.63) is 125 Å². The molecule has 6 nitrogen and oxygen atoms in total. The molecule has 0 aliphatic heterocycles. The Labute approximate surface area is 257 Å². The average Bonchev–Trinajstić information content (AvgIpc) is 3.05. The highest BCUT2D eigenvalue weighted by Crippen LogP contribution is 2.25. The molecular formula is C36H37F2NO5. The molecule has 0 aliphatic rings. The number of para-hydroxylation sites is 1. The summed E-state index contributed by atoms with van der Waals surface area (Å²) in [5, 5.41) is 0. The van der Waals surface area contributed by atoms with Crippen LogP contribution >= 0.6 is 0 Å². The van der Waals surface area contributed by atoms with Crippen LogP contribution in [0.4, 0.5) is 8.78 Å². The normalized spacial score (nSPS) is 10.9. The summed E-state index contributed by atoms with van der Waals surface area (Å²) >= 11 is 0. The molecule has 0 amide bonds. The Kier molecular flexibility index (Phi) is 12.0. The van der Waals surface area contributed by atoms with Gasteiger partial charge in [0.15, 0.2) is 0 Å². The second kappa shape index (κ2) is 16.3.